The Kier molecular flexibility index (Phi) is 9.94. The van der Waals surface area contributed by atoms with Crippen LogP contribution in [0.25, 0.3) is 11.1 Å². The lowest BCUT2D eigenvalue weighted by Crippen LogP contribution is -2.51. The number of β-amino-alcohol motifs (C(OH)–C–C–N with tert-alkyl or cyclic N) is 1. The quantitative estimate of drug-likeness (QED) is 0.200. The highest BCUT2D eigenvalue weighted by atomic mass is 16.3. The third kappa shape index (κ3) is 7.82. The molecular weight excluding hydrogens is 556 g/mol. The lowest BCUT2D eigenvalue weighted by atomic mass is 9.99. The molecule has 6 N–H and O–H groups in total. The number of rotatable bonds is 11. The van der Waals surface area contributed by atoms with Gasteiger partial charge in [0.15, 0.2) is 5.96 Å². The molecule has 10 nitrogen and oxygen atoms in total. The molecule has 0 radical (unpaired) electrons. The fraction of sp³-hybridized carbons (Fsp3) is 0.382. The maximum Gasteiger partial charge on any atom is 0.249 e. The second kappa shape index (κ2) is 14.0. The van der Waals surface area contributed by atoms with Crippen molar-refractivity contribution >= 4 is 29.1 Å². The number of nitrogens with zero attached hydrogens (tertiary/aromatic N) is 2. The molecule has 2 heterocycles. The summed E-state index contributed by atoms with van der Waals surface area (Å²) >= 11 is 0. The third-order valence-electron chi connectivity index (χ3n) is 7.97. The molecule has 0 saturated heterocycles. The molecule has 0 saturated carbocycles. The zero-order valence-electron chi connectivity index (χ0n) is 25.3. The van der Waals surface area contributed by atoms with Gasteiger partial charge in [-0.3, -0.25) is 14.6 Å². The van der Waals surface area contributed by atoms with Crippen LogP contribution in [0.5, 0.6) is 0 Å². The first-order valence-electron chi connectivity index (χ1n) is 15.2. The predicted molar refractivity (Wildman–Crippen MR) is 173 cm³/mol. The first-order chi connectivity index (χ1) is 21.2. The number of aliphatic imine (C=N–C) groups is 1. The number of aliphatic hydroxyl groups is 2. The van der Waals surface area contributed by atoms with Crippen LogP contribution in [0.2, 0.25) is 0 Å². The van der Waals surface area contributed by atoms with Crippen LogP contribution in [0.15, 0.2) is 77.8 Å². The Labute approximate surface area is 258 Å². The number of hydrogen-bond acceptors (Lipinski definition) is 8. The number of amides is 2. The summed E-state index contributed by atoms with van der Waals surface area (Å²) in [5.41, 5.74) is 5.34. The standard InChI is InChI=1S/C34H42N6O4/c1-34(2,37-20-26(42)22-41)19-31(43)38-29-16-15-25-7-3-6-10-30(25)40(32(29)44)21-23-11-13-24(14-12-23)27-8-4-5-9-28(27)39-33-35-17-18-36-33/h3-14,26,29,37,41-42H,15-22H2,1-2H3,(H,38,43)(H2,35,36,39)/t26-,29+/m0/s1. The molecule has 5 rings (SSSR count). The van der Waals surface area contributed by atoms with E-state index >= 15 is 0 Å². The second-order valence-electron chi connectivity index (χ2n) is 12.0. The molecule has 0 bridgehead atoms. The first kappa shape index (κ1) is 31.2. The summed E-state index contributed by atoms with van der Waals surface area (Å²) in [6.45, 7) is 5.47. The Morgan fingerprint density at radius 2 is 1.84 bits per heavy atom. The number of carbonyl (C=O) groups excluding carboxylic acids is 2. The molecule has 2 atom stereocenters. The first-order valence-corrected chi connectivity index (χ1v) is 15.2. The molecular formula is C34H42N6O4. The normalized spacial score (nSPS) is 17.3. The van der Waals surface area contributed by atoms with Crippen molar-refractivity contribution in [1.82, 2.24) is 16.0 Å². The number of nitrogens with one attached hydrogen (secondary N) is 4. The van der Waals surface area contributed by atoms with E-state index in [1.54, 1.807) is 4.90 Å². The number of fused-ring (bicyclic) bond motifs is 1. The average molecular weight is 599 g/mol. The number of anilines is 2. The van der Waals surface area contributed by atoms with Crippen LogP contribution in [-0.4, -0.2) is 71.9 Å². The van der Waals surface area contributed by atoms with Gasteiger partial charge in [0.25, 0.3) is 0 Å². The van der Waals surface area contributed by atoms with E-state index in [4.69, 9.17) is 5.11 Å². The lowest BCUT2D eigenvalue weighted by molar-refractivity contribution is -0.128. The highest BCUT2D eigenvalue weighted by Crippen LogP contribution is 2.31. The van der Waals surface area contributed by atoms with Crippen molar-refractivity contribution in [3.63, 3.8) is 0 Å². The van der Waals surface area contributed by atoms with E-state index in [9.17, 15) is 14.7 Å². The number of guanidine groups is 1. The third-order valence-corrected chi connectivity index (χ3v) is 7.97. The molecule has 0 aromatic heterocycles. The van der Waals surface area contributed by atoms with Crippen molar-refractivity contribution in [2.24, 2.45) is 4.99 Å². The van der Waals surface area contributed by atoms with E-state index in [0.29, 0.717) is 19.4 Å². The van der Waals surface area contributed by atoms with Gasteiger partial charge in [0.1, 0.15) is 6.04 Å². The monoisotopic (exact) mass is 598 g/mol. The molecule has 0 fully saturated rings. The van der Waals surface area contributed by atoms with Gasteiger partial charge in [-0.25, -0.2) is 0 Å². The minimum Gasteiger partial charge on any atom is -0.394 e. The summed E-state index contributed by atoms with van der Waals surface area (Å²) in [6.07, 6.45) is 0.370. The van der Waals surface area contributed by atoms with E-state index in [2.05, 4.69) is 44.5 Å². The van der Waals surface area contributed by atoms with Gasteiger partial charge in [-0.1, -0.05) is 60.7 Å². The number of benzene rings is 3. The van der Waals surface area contributed by atoms with Gasteiger partial charge in [0.05, 0.1) is 25.8 Å². The van der Waals surface area contributed by atoms with Crippen LogP contribution >= 0.6 is 0 Å². The van der Waals surface area contributed by atoms with Crippen molar-refractivity contribution in [2.45, 2.75) is 57.3 Å². The van der Waals surface area contributed by atoms with Gasteiger partial charge < -0.3 is 36.4 Å². The van der Waals surface area contributed by atoms with Gasteiger partial charge in [-0.15, -0.1) is 0 Å². The maximum absolute atomic E-state index is 14.0. The molecule has 0 spiro atoms. The Morgan fingerprint density at radius 3 is 2.59 bits per heavy atom. The summed E-state index contributed by atoms with van der Waals surface area (Å²) in [5.74, 6) is 0.378. The Hall–Kier alpha value is -4.25. The number of hydrogen-bond donors (Lipinski definition) is 6. The summed E-state index contributed by atoms with van der Waals surface area (Å²) in [6, 6.07) is 23.6. The molecule has 2 aliphatic rings. The fourth-order valence-corrected chi connectivity index (χ4v) is 5.61. The number of carbonyl (C=O) groups is 2. The number of aryl methyl sites for hydroxylation is 1. The zero-order chi connectivity index (χ0) is 31.1. The Bertz CT molecular complexity index is 1490. The molecule has 44 heavy (non-hydrogen) atoms. The van der Waals surface area contributed by atoms with Crippen molar-refractivity contribution in [3.05, 3.63) is 83.9 Å². The van der Waals surface area contributed by atoms with Crippen LogP contribution in [0, 0.1) is 0 Å². The Morgan fingerprint density at radius 1 is 1.09 bits per heavy atom. The molecule has 10 heteroatoms. The lowest BCUT2D eigenvalue weighted by Gasteiger charge is -2.29. The van der Waals surface area contributed by atoms with Gasteiger partial charge >= 0.3 is 0 Å². The predicted octanol–water partition coefficient (Wildman–Crippen LogP) is 2.80. The van der Waals surface area contributed by atoms with E-state index in [-0.39, 0.29) is 31.4 Å². The van der Waals surface area contributed by atoms with Gasteiger partial charge in [-0.2, -0.15) is 0 Å². The summed E-state index contributed by atoms with van der Waals surface area (Å²) in [5, 5.41) is 31.5. The highest BCUT2D eigenvalue weighted by molar-refractivity contribution is 6.01. The Balaban J connectivity index is 1.31. The van der Waals surface area contributed by atoms with Gasteiger partial charge in [0, 0.05) is 42.0 Å². The molecule has 2 amide bonds. The van der Waals surface area contributed by atoms with Crippen LogP contribution in [0.4, 0.5) is 11.4 Å². The van der Waals surface area contributed by atoms with E-state index in [1.165, 1.54) is 0 Å². The molecule has 0 unspecified atom stereocenters. The summed E-state index contributed by atoms with van der Waals surface area (Å²) < 4.78 is 0. The number of para-hydroxylation sites is 2. The molecule has 3 aromatic carbocycles. The fourth-order valence-electron chi connectivity index (χ4n) is 5.61. The van der Waals surface area contributed by atoms with Crippen molar-refractivity contribution < 1.29 is 19.8 Å². The van der Waals surface area contributed by atoms with E-state index in [0.717, 1.165) is 52.7 Å². The van der Waals surface area contributed by atoms with Crippen LogP contribution in [0.1, 0.15) is 37.8 Å². The SMILES string of the molecule is CC(C)(CC(=O)N[C@@H]1CCc2ccccc2N(Cc2ccc(-c3ccccc3NC3=NCCN3)cc2)C1=O)NC[C@H](O)CO. The topological polar surface area (TPSA) is 138 Å². The number of aliphatic hydroxyl groups excluding tert-OH is 2. The van der Waals surface area contributed by atoms with E-state index < -0.39 is 17.7 Å². The minimum atomic E-state index is -0.905. The second-order valence-corrected chi connectivity index (χ2v) is 12.0. The minimum absolute atomic E-state index is 0.114. The molecule has 232 valence electrons. The molecule has 2 aliphatic heterocycles. The van der Waals surface area contributed by atoms with Crippen molar-refractivity contribution in [2.75, 3.05) is 36.5 Å². The van der Waals surface area contributed by atoms with Crippen molar-refractivity contribution in [3.8, 4) is 11.1 Å². The smallest absolute Gasteiger partial charge is 0.249 e. The van der Waals surface area contributed by atoms with Crippen LogP contribution in [-0.2, 0) is 22.6 Å². The van der Waals surface area contributed by atoms with Crippen molar-refractivity contribution in [1.29, 1.82) is 0 Å². The molecule has 3 aromatic rings. The van der Waals surface area contributed by atoms with Gasteiger partial charge in [-0.05, 0) is 55.5 Å². The highest BCUT2D eigenvalue weighted by Gasteiger charge is 2.32. The summed E-state index contributed by atoms with van der Waals surface area (Å²) in [7, 11) is 0. The van der Waals surface area contributed by atoms with Crippen LogP contribution in [0.3, 0.4) is 0 Å². The zero-order valence-corrected chi connectivity index (χ0v) is 25.3. The average Bonchev–Trinajstić information content (AvgIpc) is 3.50. The largest absolute Gasteiger partial charge is 0.394 e. The van der Waals surface area contributed by atoms with Gasteiger partial charge in [0.2, 0.25) is 11.8 Å². The maximum atomic E-state index is 14.0. The van der Waals surface area contributed by atoms with E-state index in [1.807, 2.05) is 68.4 Å². The van der Waals surface area contributed by atoms with Crippen LogP contribution < -0.4 is 26.2 Å². The molecule has 0 aliphatic carbocycles. The summed E-state index contributed by atoms with van der Waals surface area (Å²) in [4.78, 5) is 33.3.